The molecule has 0 heterocycles. The molecule has 0 aromatic carbocycles. The molecule has 0 radical (unpaired) electrons. The van der Waals surface area contributed by atoms with E-state index in [0.29, 0.717) is 0 Å². The first-order chi connectivity index (χ1) is 3.31. The average Bonchev–Trinajstić information content (AvgIpc) is 1.68. The van der Waals surface area contributed by atoms with Gasteiger partial charge in [0.05, 0.1) is 0 Å². The third kappa shape index (κ3) is 2.99. The summed E-state index contributed by atoms with van der Waals surface area (Å²) >= 11 is 0. The third-order valence-corrected chi connectivity index (χ3v) is 0.513. The molecule has 3 nitrogen and oxygen atoms in total. The smallest absolute Gasteiger partial charge is 0.0461 e. The Morgan fingerprint density at radius 2 is 2.57 bits per heavy atom. The normalized spacial score (nSPS) is 10.9. The van der Waals surface area contributed by atoms with Gasteiger partial charge in [-0.1, -0.05) is 0 Å². The Kier molecular flexibility index (Phi) is 2.96. The van der Waals surface area contributed by atoms with Gasteiger partial charge in [-0.25, -0.2) is 0 Å². The van der Waals surface area contributed by atoms with E-state index >= 15 is 0 Å². The Balaban J connectivity index is 3.49. The molecular weight excluding hydrogens is 90.1 g/mol. The second-order valence-corrected chi connectivity index (χ2v) is 1.14. The molecule has 0 spiro atoms. The van der Waals surface area contributed by atoms with Crippen molar-refractivity contribution in [1.82, 2.24) is 5.43 Å². The molecule has 0 bridgehead atoms. The van der Waals surface area contributed by atoms with Crippen molar-refractivity contribution in [2.75, 3.05) is 0 Å². The molecular formula is C4H9N3. The van der Waals surface area contributed by atoms with Gasteiger partial charge in [-0.2, -0.15) is 0 Å². The third-order valence-electron chi connectivity index (χ3n) is 0.513. The van der Waals surface area contributed by atoms with Crippen molar-refractivity contribution in [3.8, 4) is 0 Å². The van der Waals surface area contributed by atoms with Crippen LogP contribution in [0.4, 0.5) is 0 Å². The maximum Gasteiger partial charge on any atom is 0.0461 e. The summed E-state index contributed by atoms with van der Waals surface area (Å²) in [6.45, 7) is 5.03. The molecule has 0 fully saturated rings. The first-order valence-corrected chi connectivity index (χ1v) is 1.90. The van der Waals surface area contributed by atoms with Crippen molar-refractivity contribution in [1.29, 1.82) is 0 Å². The lowest BCUT2D eigenvalue weighted by Crippen LogP contribution is -2.18. The minimum Gasteiger partial charge on any atom is -0.327 e. The minimum atomic E-state index is 0.801. The van der Waals surface area contributed by atoms with E-state index in [9.17, 15) is 0 Å². The van der Waals surface area contributed by atoms with Crippen LogP contribution in [0.2, 0.25) is 0 Å². The Labute approximate surface area is 42.9 Å². The molecule has 0 aromatic rings. The average molecular weight is 99.1 g/mol. The second-order valence-electron chi connectivity index (χ2n) is 1.14. The number of aliphatic imine (C=N–C) groups is 1. The summed E-state index contributed by atoms with van der Waals surface area (Å²) in [6.07, 6.45) is 1.54. The number of rotatable bonds is 2. The summed E-state index contributed by atoms with van der Waals surface area (Å²) in [5.74, 6) is 4.95. The van der Waals surface area contributed by atoms with Crippen molar-refractivity contribution in [3.05, 3.63) is 11.9 Å². The van der Waals surface area contributed by atoms with Gasteiger partial charge in [-0.15, -0.1) is 0 Å². The number of nitrogens with one attached hydrogen (secondary N) is 1. The van der Waals surface area contributed by atoms with Crippen LogP contribution in [0.1, 0.15) is 6.92 Å². The van der Waals surface area contributed by atoms with Gasteiger partial charge >= 0.3 is 0 Å². The standard InChI is InChI=1S/C4H9N3/c1-4(7-5)3-6-2/h3,7H,2,5H2,1H3/b4-3+. The number of allylic oxidation sites excluding steroid dienone is 1. The monoisotopic (exact) mass is 99.1 g/mol. The molecule has 0 saturated carbocycles. The maximum atomic E-state index is 4.95. The maximum absolute atomic E-state index is 4.95. The van der Waals surface area contributed by atoms with Crippen LogP contribution < -0.4 is 11.3 Å². The fraction of sp³-hybridized carbons (Fsp3) is 0.250. The van der Waals surface area contributed by atoms with Crippen molar-refractivity contribution in [3.63, 3.8) is 0 Å². The SMILES string of the molecule is C=N/C=C(\C)NN. The zero-order valence-electron chi connectivity index (χ0n) is 4.31. The molecule has 0 aliphatic rings. The van der Waals surface area contributed by atoms with Crippen molar-refractivity contribution in [2.24, 2.45) is 10.8 Å². The highest BCUT2D eigenvalue weighted by Crippen LogP contribution is 1.79. The molecule has 0 aliphatic carbocycles. The van der Waals surface area contributed by atoms with Crippen LogP contribution in [0, 0.1) is 0 Å². The lowest BCUT2D eigenvalue weighted by Gasteiger charge is -1.91. The summed E-state index contributed by atoms with van der Waals surface area (Å²) in [5, 5.41) is 0. The minimum absolute atomic E-state index is 0.801. The predicted octanol–water partition coefficient (Wildman–Crippen LogP) is 0.0116. The molecule has 0 unspecified atom stereocenters. The van der Waals surface area contributed by atoms with Crippen LogP contribution in [0.5, 0.6) is 0 Å². The zero-order valence-corrected chi connectivity index (χ0v) is 4.31. The summed E-state index contributed by atoms with van der Waals surface area (Å²) < 4.78 is 0. The lowest BCUT2D eigenvalue weighted by atomic mass is 10.6. The van der Waals surface area contributed by atoms with E-state index in [1.165, 1.54) is 0 Å². The van der Waals surface area contributed by atoms with Gasteiger partial charge in [0.25, 0.3) is 0 Å². The van der Waals surface area contributed by atoms with E-state index in [4.69, 9.17) is 5.84 Å². The van der Waals surface area contributed by atoms with Gasteiger partial charge in [0.2, 0.25) is 0 Å². The summed E-state index contributed by atoms with van der Waals surface area (Å²) in [5.41, 5.74) is 3.19. The summed E-state index contributed by atoms with van der Waals surface area (Å²) in [7, 11) is 0. The van der Waals surface area contributed by atoms with Crippen molar-refractivity contribution < 1.29 is 0 Å². The Morgan fingerprint density at radius 1 is 2.00 bits per heavy atom. The molecule has 40 valence electrons. The quantitative estimate of drug-likeness (QED) is 0.291. The highest BCUT2D eigenvalue weighted by Gasteiger charge is 1.72. The fourth-order valence-corrected chi connectivity index (χ4v) is 0.174. The van der Waals surface area contributed by atoms with E-state index in [0.717, 1.165) is 5.70 Å². The predicted molar refractivity (Wildman–Crippen MR) is 30.6 cm³/mol. The van der Waals surface area contributed by atoms with Gasteiger partial charge in [-0.3, -0.25) is 10.8 Å². The lowest BCUT2D eigenvalue weighted by molar-refractivity contribution is 0.881. The molecule has 3 N–H and O–H groups in total. The number of hydrogen-bond acceptors (Lipinski definition) is 3. The van der Waals surface area contributed by atoms with Gasteiger partial charge in [-0.05, 0) is 13.6 Å². The molecule has 0 saturated heterocycles. The number of hydrazine groups is 1. The highest BCUT2D eigenvalue weighted by molar-refractivity contribution is 5.26. The van der Waals surface area contributed by atoms with E-state index < -0.39 is 0 Å². The van der Waals surface area contributed by atoms with Gasteiger partial charge in [0, 0.05) is 11.9 Å². The van der Waals surface area contributed by atoms with E-state index in [1.54, 1.807) is 13.1 Å². The van der Waals surface area contributed by atoms with Crippen LogP contribution >= 0.6 is 0 Å². The van der Waals surface area contributed by atoms with Crippen LogP contribution in [0.25, 0.3) is 0 Å². The molecule has 0 amide bonds. The molecule has 7 heavy (non-hydrogen) atoms. The number of nitrogens with two attached hydrogens (primary N) is 1. The van der Waals surface area contributed by atoms with Crippen molar-refractivity contribution in [2.45, 2.75) is 6.92 Å². The Bertz CT molecular complexity index is 84.9. The number of nitrogens with zero attached hydrogens (tertiary/aromatic N) is 1. The second kappa shape index (κ2) is 3.36. The van der Waals surface area contributed by atoms with Crippen molar-refractivity contribution >= 4 is 6.72 Å². The van der Waals surface area contributed by atoms with Gasteiger partial charge in [0.1, 0.15) is 0 Å². The Morgan fingerprint density at radius 3 is 2.71 bits per heavy atom. The zero-order chi connectivity index (χ0) is 5.70. The van der Waals surface area contributed by atoms with E-state index in [2.05, 4.69) is 17.1 Å². The summed E-state index contributed by atoms with van der Waals surface area (Å²) in [6, 6.07) is 0. The molecule has 0 atom stereocenters. The largest absolute Gasteiger partial charge is 0.327 e. The van der Waals surface area contributed by atoms with Crippen LogP contribution in [-0.2, 0) is 0 Å². The topological polar surface area (TPSA) is 50.4 Å². The fourth-order valence-electron chi connectivity index (χ4n) is 0.174. The first kappa shape index (κ1) is 6.17. The number of hydrogen-bond donors (Lipinski definition) is 2. The van der Waals surface area contributed by atoms with Gasteiger partial charge in [0.15, 0.2) is 0 Å². The van der Waals surface area contributed by atoms with Gasteiger partial charge < -0.3 is 5.43 Å². The van der Waals surface area contributed by atoms with Crippen LogP contribution in [0.15, 0.2) is 16.9 Å². The molecule has 0 rings (SSSR count). The van der Waals surface area contributed by atoms with Crippen LogP contribution in [0.3, 0.4) is 0 Å². The first-order valence-electron chi connectivity index (χ1n) is 1.90. The van der Waals surface area contributed by atoms with E-state index in [-0.39, 0.29) is 0 Å². The molecule has 0 aromatic heterocycles. The molecule has 3 heteroatoms. The highest BCUT2D eigenvalue weighted by atomic mass is 15.2. The Hall–Kier alpha value is -0.830. The summed E-state index contributed by atoms with van der Waals surface area (Å²) in [4.78, 5) is 3.45. The van der Waals surface area contributed by atoms with E-state index in [1.807, 2.05) is 0 Å². The molecule has 0 aliphatic heterocycles. The van der Waals surface area contributed by atoms with Crippen LogP contribution in [-0.4, -0.2) is 6.72 Å².